The predicted molar refractivity (Wildman–Crippen MR) is 34.6 cm³/mol. The van der Waals surface area contributed by atoms with Crippen LogP contribution in [-0.2, 0) is 0 Å². The van der Waals surface area contributed by atoms with Crippen LogP contribution in [0.25, 0.3) is 0 Å². The molecule has 0 radical (unpaired) electrons. The van der Waals surface area contributed by atoms with Crippen LogP contribution in [0.3, 0.4) is 0 Å². The summed E-state index contributed by atoms with van der Waals surface area (Å²) in [7, 11) is 0. The first kappa shape index (κ1) is 6.05. The maximum atomic E-state index is 5.46. The number of hydrogen-bond acceptors (Lipinski definition) is 2. The molecule has 0 aliphatic carbocycles. The molecule has 0 amide bonds. The second-order valence-electron chi connectivity index (χ2n) is 2.45. The topological polar surface area (TPSA) is 38.0 Å². The molecule has 1 heterocycles. The highest BCUT2D eigenvalue weighted by molar-refractivity contribution is 4.68. The van der Waals surface area contributed by atoms with E-state index in [1.54, 1.807) is 0 Å². The van der Waals surface area contributed by atoms with Gasteiger partial charge in [0.05, 0.1) is 0 Å². The highest BCUT2D eigenvalue weighted by Gasteiger charge is 2.09. The van der Waals surface area contributed by atoms with Gasteiger partial charge in [-0.3, -0.25) is 0 Å². The molecule has 1 aliphatic heterocycles. The van der Waals surface area contributed by atoms with Gasteiger partial charge in [-0.2, -0.15) is 0 Å². The molecule has 0 unspecified atom stereocenters. The van der Waals surface area contributed by atoms with Crippen LogP contribution in [0.2, 0.25) is 0 Å². The number of nitrogens with two attached hydrogens (primary N) is 1. The van der Waals surface area contributed by atoms with Crippen molar-refractivity contribution in [2.45, 2.75) is 12.8 Å². The minimum atomic E-state index is 0.753. The largest absolute Gasteiger partial charge is 0.330 e. The third-order valence-electron chi connectivity index (χ3n) is 1.73. The Kier molecular flexibility index (Phi) is 2.30. The first-order valence-corrected chi connectivity index (χ1v) is 3.34. The molecule has 0 spiro atoms. The van der Waals surface area contributed by atoms with E-state index in [-0.39, 0.29) is 0 Å². The van der Waals surface area contributed by atoms with Crippen molar-refractivity contribution in [2.75, 3.05) is 19.6 Å². The Morgan fingerprint density at radius 3 is 2.88 bits per heavy atom. The van der Waals surface area contributed by atoms with Crippen LogP contribution in [0.5, 0.6) is 0 Å². The molecule has 0 aromatic heterocycles. The molecule has 1 fully saturated rings. The monoisotopic (exact) mass is 114 g/mol. The second kappa shape index (κ2) is 3.05. The van der Waals surface area contributed by atoms with Crippen LogP contribution in [0.15, 0.2) is 0 Å². The van der Waals surface area contributed by atoms with Crippen molar-refractivity contribution in [1.82, 2.24) is 5.32 Å². The lowest BCUT2D eigenvalue weighted by Gasteiger charge is -2.20. The van der Waals surface area contributed by atoms with Crippen LogP contribution in [0, 0.1) is 5.92 Å². The summed E-state index contributed by atoms with van der Waals surface area (Å²) in [6.45, 7) is 3.18. The van der Waals surface area contributed by atoms with E-state index in [0.717, 1.165) is 19.0 Å². The Balaban J connectivity index is 2.13. The summed E-state index contributed by atoms with van der Waals surface area (Å²) in [6.07, 6.45) is 2.63. The first-order chi connectivity index (χ1) is 3.93. The molecular weight excluding hydrogens is 100 g/mol. The van der Waals surface area contributed by atoms with Crippen LogP contribution in [0.4, 0.5) is 0 Å². The Morgan fingerprint density at radius 1 is 1.62 bits per heavy atom. The van der Waals surface area contributed by atoms with Gasteiger partial charge in [-0.15, -0.1) is 0 Å². The van der Waals surface area contributed by atoms with Crippen molar-refractivity contribution in [1.29, 1.82) is 0 Å². The van der Waals surface area contributed by atoms with Gasteiger partial charge in [0.2, 0.25) is 0 Å². The number of rotatable bonds is 1. The van der Waals surface area contributed by atoms with Crippen LogP contribution in [-0.4, -0.2) is 19.6 Å². The molecular formula is C6H14N2. The van der Waals surface area contributed by atoms with Gasteiger partial charge in [-0.25, -0.2) is 0 Å². The lowest BCUT2D eigenvalue weighted by Crippen LogP contribution is -2.33. The number of piperidine rings is 1. The van der Waals surface area contributed by atoms with Crippen molar-refractivity contribution in [3.63, 3.8) is 0 Å². The first-order valence-electron chi connectivity index (χ1n) is 3.34. The molecule has 1 saturated heterocycles. The molecule has 0 aromatic carbocycles. The van der Waals surface area contributed by atoms with Gasteiger partial charge >= 0.3 is 0 Å². The fourth-order valence-corrected chi connectivity index (χ4v) is 1.13. The van der Waals surface area contributed by atoms with E-state index in [4.69, 9.17) is 5.73 Å². The molecule has 1 rings (SSSR count). The van der Waals surface area contributed by atoms with Crippen LogP contribution < -0.4 is 11.1 Å². The number of nitrogens with one attached hydrogen (secondary N) is 1. The molecule has 2 nitrogen and oxygen atoms in total. The zero-order valence-electron chi connectivity index (χ0n) is 5.19. The van der Waals surface area contributed by atoms with Crippen molar-refractivity contribution in [3.8, 4) is 0 Å². The average molecular weight is 114 g/mol. The second-order valence-corrected chi connectivity index (χ2v) is 2.45. The van der Waals surface area contributed by atoms with Crippen molar-refractivity contribution < 1.29 is 0 Å². The van der Waals surface area contributed by atoms with Crippen molar-refractivity contribution in [2.24, 2.45) is 11.7 Å². The van der Waals surface area contributed by atoms with Gasteiger partial charge in [0.15, 0.2) is 0 Å². The van der Waals surface area contributed by atoms with Gasteiger partial charge in [0, 0.05) is 0 Å². The summed E-state index contributed by atoms with van der Waals surface area (Å²) in [5.41, 5.74) is 5.46. The third-order valence-corrected chi connectivity index (χ3v) is 1.73. The molecule has 1 atom stereocenters. The SMILES string of the molecule is NC[C@@H]1CCCNC1. The lowest BCUT2D eigenvalue weighted by atomic mass is 10.0. The molecule has 0 saturated carbocycles. The summed E-state index contributed by atoms with van der Waals surface area (Å²) in [5.74, 6) is 0.753. The minimum Gasteiger partial charge on any atom is -0.330 e. The Labute approximate surface area is 50.4 Å². The van der Waals surface area contributed by atoms with Crippen molar-refractivity contribution >= 4 is 0 Å². The van der Waals surface area contributed by atoms with E-state index < -0.39 is 0 Å². The van der Waals surface area contributed by atoms with E-state index in [0.29, 0.717) is 0 Å². The van der Waals surface area contributed by atoms with Crippen LogP contribution in [0.1, 0.15) is 12.8 Å². The summed E-state index contributed by atoms with van der Waals surface area (Å²) < 4.78 is 0. The average Bonchev–Trinajstić information content (AvgIpc) is 1.90. The summed E-state index contributed by atoms with van der Waals surface area (Å²) in [6, 6.07) is 0. The summed E-state index contributed by atoms with van der Waals surface area (Å²) in [4.78, 5) is 0. The molecule has 48 valence electrons. The fraction of sp³-hybridized carbons (Fsp3) is 1.00. The number of hydrogen-bond donors (Lipinski definition) is 2. The molecule has 2 heteroatoms. The fourth-order valence-electron chi connectivity index (χ4n) is 1.13. The zero-order valence-corrected chi connectivity index (χ0v) is 5.19. The van der Waals surface area contributed by atoms with Gasteiger partial charge < -0.3 is 11.1 Å². The third kappa shape index (κ3) is 1.46. The molecule has 8 heavy (non-hydrogen) atoms. The summed E-state index contributed by atoms with van der Waals surface area (Å²) in [5, 5.41) is 3.31. The molecule has 1 aliphatic rings. The van der Waals surface area contributed by atoms with Gasteiger partial charge in [0.1, 0.15) is 0 Å². The quantitative estimate of drug-likeness (QED) is 0.501. The normalized spacial score (nSPS) is 30.4. The minimum absolute atomic E-state index is 0.753. The van der Waals surface area contributed by atoms with Gasteiger partial charge in [0.25, 0.3) is 0 Å². The van der Waals surface area contributed by atoms with E-state index in [2.05, 4.69) is 5.32 Å². The van der Waals surface area contributed by atoms with Gasteiger partial charge in [-0.05, 0) is 38.4 Å². The van der Waals surface area contributed by atoms with E-state index >= 15 is 0 Å². The van der Waals surface area contributed by atoms with E-state index in [1.807, 2.05) is 0 Å². The zero-order chi connectivity index (χ0) is 5.82. The standard InChI is InChI=1S/C6H14N2/c7-4-6-2-1-3-8-5-6/h6,8H,1-5,7H2/t6-/m0/s1. The predicted octanol–water partition coefficient (Wildman–Crippen LogP) is -0.0553. The highest BCUT2D eigenvalue weighted by atomic mass is 14.9. The Bertz CT molecular complexity index is 57.5. The smallest absolute Gasteiger partial charge is 0.000845 e. The van der Waals surface area contributed by atoms with E-state index in [1.165, 1.54) is 19.4 Å². The molecule has 0 bridgehead atoms. The maximum absolute atomic E-state index is 5.46. The molecule has 0 aromatic rings. The Morgan fingerprint density at radius 2 is 2.50 bits per heavy atom. The van der Waals surface area contributed by atoms with Crippen molar-refractivity contribution in [3.05, 3.63) is 0 Å². The Hall–Kier alpha value is -0.0800. The van der Waals surface area contributed by atoms with Crippen LogP contribution >= 0.6 is 0 Å². The maximum Gasteiger partial charge on any atom is -0.000845 e. The summed E-state index contributed by atoms with van der Waals surface area (Å²) >= 11 is 0. The van der Waals surface area contributed by atoms with E-state index in [9.17, 15) is 0 Å². The highest BCUT2D eigenvalue weighted by Crippen LogP contribution is 2.06. The lowest BCUT2D eigenvalue weighted by molar-refractivity contribution is 0.385. The van der Waals surface area contributed by atoms with Gasteiger partial charge in [-0.1, -0.05) is 0 Å². The molecule has 3 N–H and O–H groups in total.